The fraction of sp³-hybridized carbons (Fsp3) is 0.308. The number of aliphatic hydroxyl groups is 1. The van der Waals surface area contributed by atoms with Gasteiger partial charge in [0, 0.05) is 23.7 Å². The van der Waals surface area contributed by atoms with Crippen molar-refractivity contribution in [2.75, 3.05) is 6.61 Å². The molecule has 0 amide bonds. The standard InChI is InChI=1S/C13H15NO2/c1-9-3-4-10(2)13-12(9)11(8-16)7-14(13)5-6-15/h3-4,7-8,15H,5-6H2,1-2H3. The van der Waals surface area contributed by atoms with Crippen LogP contribution in [0.2, 0.25) is 0 Å². The first-order valence-corrected chi connectivity index (χ1v) is 5.34. The van der Waals surface area contributed by atoms with Gasteiger partial charge in [-0.2, -0.15) is 0 Å². The third-order valence-corrected chi connectivity index (χ3v) is 2.93. The van der Waals surface area contributed by atoms with E-state index in [2.05, 4.69) is 0 Å². The normalized spacial score (nSPS) is 10.9. The molecule has 16 heavy (non-hydrogen) atoms. The van der Waals surface area contributed by atoms with Crippen LogP contribution in [0.3, 0.4) is 0 Å². The van der Waals surface area contributed by atoms with Crippen molar-refractivity contribution in [2.45, 2.75) is 20.4 Å². The molecule has 0 aliphatic rings. The van der Waals surface area contributed by atoms with E-state index < -0.39 is 0 Å². The highest BCUT2D eigenvalue weighted by Gasteiger charge is 2.11. The van der Waals surface area contributed by atoms with Gasteiger partial charge in [0.05, 0.1) is 12.1 Å². The highest BCUT2D eigenvalue weighted by atomic mass is 16.3. The van der Waals surface area contributed by atoms with Gasteiger partial charge < -0.3 is 9.67 Å². The Hall–Kier alpha value is -1.61. The Kier molecular flexibility index (Phi) is 2.79. The summed E-state index contributed by atoms with van der Waals surface area (Å²) in [6.45, 7) is 4.62. The molecule has 2 aromatic rings. The van der Waals surface area contributed by atoms with Crippen LogP contribution in [0.5, 0.6) is 0 Å². The first-order chi connectivity index (χ1) is 7.69. The molecule has 0 aliphatic carbocycles. The molecule has 3 heteroatoms. The lowest BCUT2D eigenvalue weighted by Crippen LogP contribution is -2.01. The summed E-state index contributed by atoms with van der Waals surface area (Å²) in [4.78, 5) is 11.0. The van der Waals surface area contributed by atoms with E-state index in [0.717, 1.165) is 28.3 Å². The summed E-state index contributed by atoms with van der Waals surface area (Å²) in [5.74, 6) is 0. The number of rotatable bonds is 3. The number of benzene rings is 1. The Morgan fingerprint density at radius 2 is 2.00 bits per heavy atom. The minimum absolute atomic E-state index is 0.0788. The lowest BCUT2D eigenvalue weighted by Gasteiger charge is -2.06. The lowest BCUT2D eigenvalue weighted by molar-refractivity contribution is 0.112. The van der Waals surface area contributed by atoms with Gasteiger partial charge in [-0.3, -0.25) is 4.79 Å². The van der Waals surface area contributed by atoms with Crippen molar-refractivity contribution in [3.63, 3.8) is 0 Å². The Morgan fingerprint density at radius 1 is 1.31 bits per heavy atom. The molecule has 3 nitrogen and oxygen atoms in total. The fourth-order valence-electron chi connectivity index (χ4n) is 2.20. The van der Waals surface area contributed by atoms with E-state index in [1.165, 1.54) is 0 Å². The zero-order chi connectivity index (χ0) is 11.7. The van der Waals surface area contributed by atoms with Gasteiger partial charge in [0.15, 0.2) is 6.29 Å². The maximum Gasteiger partial charge on any atom is 0.152 e. The molecule has 84 valence electrons. The van der Waals surface area contributed by atoms with Gasteiger partial charge in [-0.25, -0.2) is 0 Å². The number of carbonyl (C=O) groups is 1. The molecule has 1 N–H and O–H groups in total. The zero-order valence-electron chi connectivity index (χ0n) is 9.53. The number of carbonyl (C=O) groups excluding carboxylic acids is 1. The van der Waals surface area contributed by atoms with Crippen molar-refractivity contribution in [2.24, 2.45) is 0 Å². The number of aliphatic hydroxyl groups excluding tert-OH is 1. The van der Waals surface area contributed by atoms with Crippen molar-refractivity contribution in [3.05, 3.63) is 35.0 Å². The summed E-state index contributed by atoms with van der Waals surface area (Å²) in [6, 6.07) is 4.06. The third kappa shape index (κ3) is 1.53. The van der Waals surface area contributed by atoms with E-state index in [9.17, 15) is 4.79 Å². The predicted octanol–water partition coefficient (Wildman–Crippen LogP) is 2.06. The summed E-state index contributed by atoms with van der Waals surface area (Å²) in [6.07, 6.45) is 2.69. The fourth-order valence-corrected chi connectivity index (χ4v) is 2.20. The van der Waals surface area contributed by atoms with Crippen molar-refractivity contribution < 1.29 is 9.90 Å². The van der Waals surface area contributed by atoms with Gasteiger partial charge in [0.25, 0.3) is 0 Å². The van der Waals surface area contributed by atoms with E-state index in [0.29, 0.717) is 12.1 Å². The van der Waals surface area contributed by atoms with Gasteiger partial charge in [-0.05, 0) is 25.0 Å². The van der Waals surface area contributed by atoms with Crippen LogP contribution >= 0.6 is 0 Å². The molecule has 0 spiro atoms. The number of aryl methyl sites for hydroxylation is 2. The van der Waals surface area contributed by atoms with Crippen LogP contribution in [0.25, 0.3) is 10.9 Å². The first kappa shape index (κ1) is 10.9. The SMILES string of the molecule is Cc1ccc(C)c2c1c(C=O)cn2CCO. The zero-order valence-corrected chi connectivity index (χ0v) is 9.53. The molecule has 0 aliphatic heterocycles. The van der Waals surface area contributed by atoms with E-state index >= 15 is 0 Å². The average molecular weight is 217 g/mol. The molecule has 0 atom stereocenters. The van der Waals surface area contributed by atoms with Crippen LogP contribution < -0.4 is 0 Å². The topological polar surface area (TPSA) is 42.2 Å². The molecule has 0 fully saturated rings. The average Bonchev–Trinajstić information content (AvgIpc) is 2.64. The maximum atomic E-state index is 11.0. The molecule has 1 aromatic heterocycles. The summed E-state index contributed by atoms with van der Waals surface area (Å²) < 4.78 is 1.95. The lowest BCUT2D eigenvalue weighted by atomic mass is 10.0. The highest BCUT2D eigenvalue weighted by Crippen LogP contribution is 2.26. The molecule has 0 bridgehead atoms. The largest absolute Gasteiger partial charge is 0.395 e. The molecule has 0 saturated heterocycles. The number of hydrogen-bond donors (Lipinski definition) is 1. The minimum atomic E-state index is 0.0788. The van der Waals surface area contributed by atoms with Gasteiger partial charge in [0.1, 0.15) is 0 Å². The van der Waals surface area contributed by atoms with Crippen LogP contribution in [0.1, 0.15) is 21.5 Å². The Morgan fingerprint density at radius 3 is 2.62 bits per heavy atom. The highest BCUT2D eigenvalue weighted by molar-refractivity contribution is 6.00. The number of hydrogen-bond acceptors (Lipinski definition) is 2. The van der Waals surface area contributed by atoms with Gasteiger partial charge in [-0.1, -0.05) is 12.1 Å². The maximum absolute atomic E-state index is 11.0. The van der Waals surface area contributed by atoms with Gasteiger partial charge >= 0.3 is 0 Å². The molecule has 1 heterocycles. The second kappa shape index (κ2) is 4.10. The second-order valence-corrected chi connectivity index (χ2v) is 4.04. The number of aromatic nitrogens is 1. The Labute approximate surface area is 94.3 Å². The van der Waals surface area contributed by atoms with E-state index in [-0.39, 0.29) is 6.61 Å². The van der Waals surface area contributed by atoms with Crippen molar-refractivity contribution in [3.8, 4) is 0 Å². The van der Waals surface area contributed by atoms with Gasteiger partial charge in [0.2, 0.25) is 0 Å². The molecule has 0 radical (unpaired) electrons. The molecule has 0 unspecified atom stereocenters. The molecule has 2 rings (SSSR count). The summed E-state index contributed by atoms with van der Waals surface area (Å²) in [7, 11) is 0. The van der Waals surface area contributed by atoms with Crippen LogP contribution in [0, 0.1) is 13.8 Å². The predicted molar refractivity (Wildman–Crippen MR) is 63.9 cm³/mol. The van der Waals surface area contributed by atoms with Crippen LogP contribution in [0.15, 0.2) is 18.3 Å². The third-order valence-electron chi connectivity index (χ3n) is 2.93. The summed E-state index contributed by atoms with van der Waals surface area (Å²) >= 11 is 0. The Bertz CT molecular complexity index is 540. The monoisotopic (exact) mass is 217 g/mol. The first-order valence-electron chi connectivity index (χ1n) is 5.34. The second-order valence-electron chi connectivity index (χ2n) is 4.04. The van der Waals surface area contributed by atoms with Gasteiger partial charge in [-0.15, -0.1) is 0 Å². The quantitative estimate of drug-likeness (QED) is 0.800. The van der Waals surface area contributed by atoms with Crippen molar-refractivity contribution in [1.29, 1.82) is 0 Å². The molecule has 1 aromatic carbocycles. The Balaban J connectivity index is 2.83. The number of aldehydes is 1. The van der Waals surface area contributed by atoms with Crippen LogP contribution in [0.4, 0.5) is 0 Å². The molecular weight excluding hydrogens is 202 g/mol. The van der Waals surface area contributed by atoms with E-state index in [1.807, 2.05) is 36.7 Å². The smallest absolute Gasteiger partial charge is 0.152 e. The summed E-state index contributed by atoms with van der Waals surface area (Å²) in [5, 5.41) is 10.0. The number of nitrogens with zero attached hydrogens (tertiary/aromatic N) is 1. The summed E-state index contributed by atoms with van der Waals surface area (Å²) in [5.41, 5.74) is 3.97. The van der Waals surface area contributed by atoms with E-state index in [4.69, 9.17) is 5.11 Å². The molecular formula is C13H15NO2. The van der Waals surface area contributed by atoms with E-state index in [1.54, 1.807) is 0 Å². The minimum Gasteiger partial charge on any atom is -0.395 e. The molecule has 0 saturated carbocycles. The van der Waals surface area contributed by atoms with Crippen molar-refractivity contribution in [1.82, 2.24) is 4.57 Å². The number of fused-ring (bicyclic) bond motifs is 1. The van der Waals surface area contributed by atoms with Crippen LogP contribution in [-0.4, -0.2) is 22.6 Å². The van der Waals surface area contributed by atoms with Crippen LogP contribution in [-0.2, 0) is 6.54 Å². The van der Waals surface area contributed by atoms with Crippen molar-refractivity contribution >= 4 is 17.2 Å².